The summed E-state index contributed by atoms with van der Waals surface area (Å²) in [7, 11) is -0.0953. The quantitative estimate of drug-likeness (QED) is 0.752. The average Bonchev–Trinajstić information content (AvgIpc) is 3.27. The number of nitrogens with one attached hydrogen (secondary N) is 2. The molecule has 136 valence electrons. The van der Waals surface area contributed by atoms with Gasteiger partial charge in [0.1, 0.15) is 22.6 Å². The van der Waals surface area contributed by atoms with E-state index in [1.807, 2.05) is 0 Å². The van der Waals surface area contributed by atoms with E-state index < -0.39 is 47.0 Å². The number of aromatic nitrogens is 2. The number of carbonyl (C=O) groups is 2. The van der Waals surface area contributed by atoms with E-state index in [1.165, 1.54) is 16.9 Å². The zero-order chi connectivity index (χ0) is 18.4. The summed E-state index contributed by atoms with van der Waals surface area (Å²) in [6.45, 7) is 0. The van der Waals surface area contributed by atoms with Gasteiger partial charge in [-0.1, -0.05) is 0 Å². The zero-order valence-corrected chi connectivity index (χ0v) is 13.9. The van der Waals surface area contributed by atoms with Crippen LogP contribution in [0.3, 0.4) is 0 Å². The molecule has 1 aromatic rings. The van der Waals surface area contributed by atoms with Gasteiger partial charge in [0.15, 0.2) is 0 Å². The summed E-state index contributed by atoms with van der Waals surface area (Å²) in [5, 5.41) is 5.63. The van der Waals surface area contributed by atoms with Gasteiger partial charge in [-0.15, -0.1) is 0 Å². The molecule has 0 saturated heterocycles. The van der Waals surface area contributed by atoms with E-state index in [0.29, 0.717) is 12.8 Å². The van der Waals surface area contributed by atoms with Crippen molar-refractivity contribution in [3.05, 3.63) is 23.5 Å². The highest BCUT2D eigenvalue weighted by Gasteiger charge is 2.46. The van der Waals surface area contributed by atoms with Crippen LogP contribution in [-0.4, -0.2) is 43.3 Å². The second kappa shape index (κ2) is 6.28. The van der Waals surface area contributed by atoms with Crippen LogP contribution in [0.5, 0.6) is 0 Å². The molecule has 1 aliphatic heterocycles. The minimum Gasteiger partial charge on any atom is -0.340 e. The number of nitrogens with zero attached hydrogens (tertiary/aromatic N) is 2. The van der Waals surface area contributed by atoms with Crippen molar-refractivity contribution in [3.8, 4) is 0 Å². The summed E-state index contributed by atoms with van der Waals surface area (Å²) in [4.78, 5) is 24.5. The predicted octanol–water partition coefficient (Wildman–Crippen LogP) is 0.567. The van der Waals surface area contributed by atoms with Crippen LogP contribution >= 0.6 is 0 Å². The molecule has 2 atom stereocenters. The minimum absolute atomic E-state index is 0.106. The summed E-state index contributed by atoms with van der Waals surface area (Å²) in [5.74, 6) is -2.11. The average molecular weight is 376 g/mol. The Balaban J connectivity index is 1.98. The number of hydrogen-bond donors (Lipinski definition) is 2. The number of alkyl halides is 3. The first-order chi connectivity index (χ1) is 11.7. The Labute approximate surface area is 143 Å². The fourth-order valence-electron chi connectivity index (χ4n) is 2.48. The van der Waals surface area contributed by atoms with Crippen molar-refractivity contribution < 1.29 is 27.0 Å². The maximum Gasteiger partial charge on any atom is 0.408 e. The van der Waals surface area contributed by atoms with Crippen molar-refractivity contribution in [1.29, 1.82) is 0 Å². The molecule has 1 saturated carbocycles. The molecular formula is C14H15F3N4O3S. The highest BCUT2D eigenvalue weighted by Crippen LogP contribution is 2.34. The van der Waals surface area contributed by atoms with Crippen molar-refractivity contribution in [2.45, 2.75) is 36.7 Å². The molecule has 3 rings (SSSR count). The summed E-state index contributed by atoms with van der Waals surface area (Å²) in [6.07, 6.45) is -2.39. The van der Waals surface area contributed by atoms with Crippen LogP contribution in [0.1, 0.15) is 25.0 Å². The molecule has 2 heterocycles. The molecule has 1 aliphatic carbocycles. The van der Waals surface area contributed by atoms with Crippen LogP contribution in [0.4, 0.5) is 13.2 Å². The second-order valence-electron chi connectivity index (χ2n) is 5.93. The number of halogens is 3. The molecule has 0 aromatic carbocycles. The van der Waals surface area contributed by atoms with Crippen molar-refractivity contribution in [3.63, 3.8) is 0 Å². The Morgan fingerprint density at radius 2 is 2.12 bits per heavy atom. The van der Waals surface area contributed by atoms with E-state index in [9.17, 15) is 27.0 Å². The van der Waals surface area contributed by atoms with Gasteiger partial charge in [-0.3, -0.25) is 19.0 Å². The van der Waals surface area contributed by atoms with Gasteiger partial charge in [0.25, 0.3) is 11.8 Å². The molecule has 0 radical (unpaired) electrons. The third-order valence-electron chi connectivity index (χ3n) is 3.91. The molecule has 2 aliphatic rings. The van der Waals surface area contributed by atoms with E-state index in [2.05, 4.69) is 9.82 Å². The van der Waals surface area contributed by atoms with Gasteiger partial charge in [-0.05, 0) is 18.9 Å². The van der Waals surface area contributed by atoms with E-state index in [-0.39, 0.29) is 16.5 Å². The summed E-state index contributed by atoms with van der Waals surface area (Å²) < 4.78 is 54.6. The highest BCUT2D eigenvalue weighted by atomic mass is 32.2. The lowest BCUT2D eigenvalue weighted by molar-refractivity contribution is -0.160. The fraction of sp³-hybridized carbons (Fsp3) is 0.500. The van der Waals surface area contributed by atoms with Gasteiger partial charge in [-0.2, -0.15) is 18.3 Å². The first kappa shape index (κ1) is 17.6. The lowest BCUT2D eigenvalue weighted by Gasteiger charge is -2.28. The largest absolute Gasteiger partial charge is 0.408 e. The Morgan fingerprint density at radius 1 is 1.44 bits per heavy atom. The SMILES string of the molecule is Cn1ccc(C2=C(C(=O)NS(=O)C3CC3)C(=O)NC(C(F)(F)F)C2)n1. The number of rotatable bonds is 4. The van der Waals surface area contributed by atoms with Crippen molar-refractivity contribution in [2.24, 2.45) is 7.05 Å². The summed E-state index contributed by atoms with van der Waals surface area (Å²) in [5.41, 5.74) is -0.487. The molecule has 11 heteroatoms. The fourth-order valence-corrected chi connectivity index (χ4v) is 3.49. The van der Waals surface area contributed by atoms with Crippen molar-refractivity contribution in [2.75, 3.05) is 0 Å². The Hall–Kier alpha value is -2.17. The van der Waals surface area contributed by atoms with Crippen LogP contribution in [0, 0.1) is 0 Å². The number of hydrogen-bond acceptors (Lipinski definition) is 4. The van der Waals surface area contributed by atoms with Crippen LogP contribution in [-0.2, 0) is 27.6 Å². The molecule has 1 fully saturated rings. The molecule has 7 nitrogen and oxygen atoms in total. The van der Waals surface area contributed by atoms with Crippen LogP contribution in [0.25, 0.3) is 5.57 Å². The lowest BCUT2D eigenvalue weighted by atomic mass is 9.92. The minimum atomic E-state index is -4.66. The second-order valence-corrected chi connectivity index (χ2v) is 7.39. The molecule has 2 N–H and O–H groups in total. The Kier molecular flexibility index (Phi) is 4.43. The third-order valence-corrected chi connectivity index (χ3v) is 5.37. The molecule has 25 heavy (non-hydrogen) atoms. The summed E-state index contributed by atoms with van der Waals surface area (Å²) in [6, 6.07) is -0.686. The zero-order valence-electron chi connectivity index (χ0n) is 13.1. The number of amides is 2. The standard InChI is InChI=1S/C14H15F3N4O3S/c1-21-5-4-9(19-21)8-6-10(14(15,16)17)18-12(22)11(8)13(23)20-25(24)7-2-3-7/h4-5,7,10H,2-3,6H2,1H3,(H,18,22)(H,20,23). The molecule has 2 amide bonds. The smallest absolute Gasteiger partial charge is 0.340 e. The molecule has 0 bridgehead atoms. The van der Waals surface area contributed by atoms with E-state index in [1.54, 1.807) is 12.4 Å². The molecule has 2 unspecified atom stereocenters. The van der Waals surface area contributed by atoms with Crippen LogP contribution < -0.4 is 10.0 Å². The van der Waals surface area contributed by atoms with Crippen LogP contribution in [0.2, 0.25) is 0 Å². The van der Waals surface area contributed by atoms with E-state index in [0.717, 1.165) is 0 Å². The van der Waals surface area contributed by atoms with Gasteiger partial charge in [0, 0.05) is 25.2 Å². The van der Waals surface area contributed by atoms with E-state index in [4.69, 9.17) is 0 Å². The Bertz CT molecular complexity index is 783. The first-order valence-corrected chi connectivity index (χ1v) is 8.70. The molecular weight excluding hydrogens is 361 g/mol. The predicted molar refractivity (Wildman–Crippen MR) is 82.0 cm³/mol. The molecule has 0 spiro atoms. The van der Waals surface area contributed by atoms with Gasteiger partial charge in [0.05, 0.1) is 10.9 Å². The molecule has 1 aromatic heterocycles. The Morgan fingerprint density at radius 3 is 2.64 bits per heavy atom. The lowest BCUT2D eigenvalue weighted by Crippen LogP contribution is -2.51. The van der Waals surface area contributed by atoms with Gasteiger partial charge < -0.3 is 5.32 Å². The normalized spacial score (nSPS) is 22.6. The monoisotopic (exact) mass is 376 g/mol. The third kappa shape index (κ3) is 3.75. The van der Waals surface area contributed by atoms with Crippen LogP contribution in [0.15, 0.2) is 17.8 Å². The maximum absolute atomic E-state index is 13.0. The van der Waals surface area contributed by atoms with Crippen molar-refractivity contribution in [1.82, 2.24) is 19.8 Å². The highest BCUT2D eigenvalue weighted by molar-refractivity contribution is 7.84. The summed E-state index contributed by atoms with van der Waals surface area (Å²) >= 11 is 0. The van der Waals surface area contributed by atoms with Crippen molar-refractivity contribution >= 4 is 28.4 Å². The topological polar surface area (TPSA) is 93.1 Å². The van der Waals surface area contributed by atoms with Gasteiger partial charge in [0.2, 0.25) is 0 Å². The van der Waals surface area contributed by atoms with E-state index >= 15 is 0 Å². The van der Waals surface area contributed by atoms with Gasteiger partial charge in [-0.25, -0.2) is 4.21 Å². The van der Waals surface area contributed by atoms with Gasteiger partial charge >= 0.3 is 6.18 Å². The maximum atomic E-state index is 13.0. The number of carbonyl (C=O) groups excluding carboxylic acids is 2. The number of aryl methyl sites for hydroxylation is 1. The first-order valence-electron chi connectivity index (χ1n) is 7.49.